The molecule has 0 amide bonds. The van der Waals surface area contributed by atoms with E-state index in [2.05, 4.69) is 0 Å². The van der Waals surface area contributed by atoms with Crippen molar-refractivity contribution in [2.45, 2.75) is 6.92 Å². The standard InChI is InChI=1S/C24H20O4/c1-17-5-3-4-6-22(17)24(26)28-21-14-10-19(11-15-21)23(25)16-9-18-7-12-20(27-2)13-8-18/h3-16H,1-2H3/b16-9+. The molecule has 3 rings (SSSR count). The number of methoxy groups -OCH3 is 1. The van der Waals surface area contributed by atoms with Gasteiger partial charge in [0.25, 0.3) is 0 Å². The molecular weight excluding hydrogens is 352 g/mol. The van der Waals surface area contributed by atoms with Crippen LogP contribution in [0.5, 0.6) is 11.5 Å². The Balaban J connectivity index is 1.64. The van der Waals surface area contributed by atoms with E-state index in [1.807, 2.05) is 43.3 Å². The van der Waals surface area contributed by atoms with Gasteiger partial charge in [-0.1, -0.05) is 36.4 Å². The first kappa shape index (κ1) is 19.1. The molecule has 4 nitrogen and oxygen atoms in total. The number of hydrogen-bond acceptors (Lipinski definition) is 4. The van der Waals surface area contributed by atoms with Crippen LogP contribution in [0.3, 0.4) is 0 Å². The third kappa shape index (κ3) is 4.74. The molecule has 0 atom stereocenters. The monoisotopic (exact) mass is 372 g/mol. The van der Waals surface area contributed by atoms with Gasteiger partial charge in [0.2, 0.25) is 0 Å². The lowest BCUT2D eigenvalue weighted by atomic mass is 10.1. The van der Waals surface area contributed by atoms with Gasteiger partial charge in [-0.2, -0.15) is 0 Å². The van der Waals surface area contributed by atoms with Crippen LogP contribution in [0.4, 0.5) is 0 Å². The van der Waals surface area contributed by atoms with Crippen LogP contribution < -0.4 is 9.47 Å². The fourth-order valence-electron chi connectivity index (χ4n) is 2.63. The van der Waals surface area contributed by atoms with Crippen LogP contribution in [0, 0.1) is 6.92 Å². The van der Waals surface area contributed by atoms with Gasteiger partial charge in [-0.05, 0) is 66.6 Å². The summed E-state index contributed by atoms with van der Waals surface area (Å²) in [5.74, 6) is 0.604. The Morgan fingerprint density at radius 1 is 0.821 bits per heavy atom. The second-order valence-electron chi connectivity index (χ2n) is 6.20. The van der Waals surface area contributed by atoms with Crippen LogP contribution in [0.15, 0.2) is 78.9 Å². The number of carbonyl (C=O) groups excluding carboxylic acids is 2. The number of hydrogen-bond donors (Lipinski definition) is 0. The average Bonchev–Trinajstić information content (AvgIpc) is 2.73. The summed E-state index contributed by atoms with van der Waals surface area (Å²) in [7, 11) is 1.61. The minimum Gasteiger partial charge on any atom is -0.497 e. The Hall–Kier alpha value is -3.66. The van der Waals surface area contributed by atoms with E-state index in [1.54, 1.807) is 49.6 Å². The molecule has 0 N–H and O–H groups in total. The van der Waals surface area contributed by atoms with Crippen molar-refractivity contribution in [3.8, 4) is 11.5 Å². The molecule has 3 aromatic carbocycles. The molecule has 0 aliphatic heterocycles. The SMILES string of the molecule is COc1ccc(/C=C/C(=O)c2ccc(OC(=O)c3ccccc3C)cc2)cc1. The van der Waals surface area contributed by atoms with E-state index >= 15 is 0 Å². The van der Waals surface area contributed by atoms with Crippen LogP contribution >= 0.6 is 0 Å². The number of allylic oxidation sites excluding steroid dienone is 1. The minimum atomic E-state index is -0.420. The van der Waals surface area contributed by atoms with Gasteiger partial charge in [0, 0.05) is 5.56 Å². The van der Waals surface area contributed by atoms with Gasteiger partial charge in [0.15, 0.2) is 5.78 Å². The van der Waals surface area contributed by atoms with E-state index in [9.17, 15) is 9.59 Å². The summed E-state index contributed by atoms with van der Waals surface area (Å²) in [6.45, 7) is 1.85. The van der Waals surface area contributed by atoms with E-state index in [1.165, 1.54) is 6.08 Å². The van der Waals surface area contributed by atoms with Crippen LogP contribution in [0.25, 0.3) is 6.08 Å². The highest BCUT2D eigenvalue weighted by Crippen LogP contribution is 2.17. The fraction of sp³-hybridized carbons (Fsp3) is 0.0833. The Morgan fingerprint density at radius 2 is 1.46 bits per heavy atom. The highest BCUT2D eigenvalue weighted by Gasteiger charge is 2.11. The molecule has 0 aromatic heterocycles. The zero-order valence-corrected chi connectivity index (χ0v) is 15.7. The third-order valence-electron chi connectivity index (χ3n) is 4.26. The van der Waals surface area contributed by atoms with Crippen molar-refractivity contribution < 1.29 is 19.1 Å². The van der Waals surface area contributed by atoms with E-state index in [4.69, 9.17) is 9.47 Å². The number of esters is 1. The summed E-state index contributed by atoms with van der Waals surface area (Å²) in [5.41, 5.74) is 2.78. The lowest BCUT2D eigenvalue weighted by Gasteiger charge is -2.07. The van der Waals surface area contributed by atoms with Gasteiger partial charge in [-0.25, -0.2) is 4.79 Å². The van der Waals surface area contributed by atoms with Crippen LogP contribution in [0.2, 0.25) is 0 Å². The number of carbonyl (C=O) groups is 2. The summed E-state index contributed by atoms with van der Waals surface area (Å²) in [4.78, 5) is 24.6. The smallest absolute Gasteiger partial charge is 0.343 e. The predicted molar refractivity (Wildman–Crippen MR) is 109 cm³/mol. The van der Waals surface area contributed by atoms with Crippen molar-refractivity contribution in [1.82, 2.24) is 0 Å². The second kappa shape index (κ2) is 8.82. The van der Waals surface area contributed by atoms with Crippen molar-refractivity contribution in [2.24, 2.45) is 0 Å². The van der Waals surface area contributed by atoms with Gasteiger partial charge in [-0.15, -0.1) is 0 Å². The van der Waals surface area contributed by atoms with Crippen molar-refractivity contribution >= 4 is 17.8 Å². The van der Waals surface area contributed by atoms with E-state index in [-0.39, 0.29) is 5.78 Å². The molecule has 140 valence electrons. The highest BCUT2D eigenvalue weighted by molar-refractivity contribution is 6.06. The molecular formula is C24H20O4. The van der Waals surface area contributed by atoms with Gasteiger partial charge in [0.05, 0.1) is 12.7 Å². The summed E-state index contributed by atoms with van der Waals surface area (Å²) in [6.07, 6.45) is 3.25. The normalized spacial score (nSPS) is 10.6. The molecule has 3 aromatic rings. The zero-order chi connectivity index (χ0) is 19.9. The summed E-state index contributed by atoms with van der Waals surface area (Å²) < 4.78 is 10.5. The predicted octanol–water partition coefficient (Wildman–Crippen LogP) is 5.12. The summed E-state index contributed by atoms with van der Waals surface area (Å²) >= 11 is 0. The Bertz CT molecular complexity index is 1000. The van der Waals surface area contributed by atoms with E-state index in [0.717, 1.165) is 16.9 Å². The Labute approximate surface area is 164 Å². The lowest BCUT2D eigenvalue weighted by molar-refractivity contribution is 0.0734. The molecule has 0 unspecified atom stereocenters. The highest BCUT2D eigenvalue weighted by atomic mass is 16.5. The minimum absolute atomic E-state index is 0.132. The van der Waals surface area contributed by atoms with Crippen LogP contribution in [-0.4, -0.2) is 18.9 Å². The topological polar surface area (TPSA) is 52.6 Å². The Morgan fingerprint density at radius 3 is 2.11 bits per heavy atom. The number of ketones is 1. The molecule has 0 saturated heterocycles. The largest absolute Gasteiger partial charge is 0.497 e. The van der Waals surface area contributed by atoms with Crippen LogP contribution in [0.1, 0.15) is 31.8 Å². The number of rotatable bonds is 6. The number of ether oxygens (including phenoxy) is 2. The maximum atomic E-state index is 12.3. The van der Waals surface area contributed by atoms with Gasteiger partial charge in [-0.3, -0.25) is 4.79 Å². The molecule has 0 saturated carbocycles. The first-order valence-corrected chi connectivity index (χ1v) is 8.81. The first-order chi connectivity index (χ1) is 13.6. The maximum absolute atomic E-state index is 12.3. The molecule has 0 bridgehead atoms. The van der Waals surface area contributed by atoms with Crippen molar-refractivity contribution in [1.29, 1.82) is 0 Å². The number of aryl methyl sites for hydroxylation is 1. The molecule has 0 aliphatic rings. The maximum Gasteiger partial charge on any atom is 0.343 e. The van der Waals surface area contributed by atoms with Gasteiger partial charge >= 0.3 is 5.97 Å². The fourth-order valence-corrected chi connectivity index (χ4v) is 2.63. The van der Waals surface area contributed by atoms with Crippen LogP contribution in [-0.2, 0) is 0 Å². The molecule has 0 aliphatic carbocycles. The summed E-state index contributed by atoms with van der Waals surface area (Å²) in [5, 5.41) is 0. The van der Waals surface area contributed by atoms with Gasteiger partial charge < -0.3 is 9.47 Å². The van der Waals surface area contributed by atoms with E-state index < -0.39 is 5.97 Å². The molecule has 0 fully saturated rings. The lowest BCUT2D eigenvalue weighted by Crippen LogP contribution is -2.10. The van der Waals surface area contributed by atoms with Gasteiger partial charge in [0.1, 0.15) is 11.5 Å². The third-order valence-corrected chi connectivity index (χ3v) is 4.26. The second-order valence-corrected chi connectivity index (χ2v) is 6.20. The first-order valence-electron chi connectivity index (χ1n) is 8.81. The average molecular weight is 372 g/mol. The summed E-state index contributed by atoms with van der Waals surface area (Å²) in [6, 6.07) is 21.2. The molecule has 28 heavy (non-hydrogen) atoms. The molecule has 0 spiro atoms. The zero-order valence-electron chi connectivity index (χ0n) is 15.7. The molecule has 0 radical (unpaired) electrons. The van der Waals surface area contributed by atoms with Crippen molar-refractivity contribution in [2.75, 3.05) is 7.11 Å². The number of benzene rings is 3. The molecule has 4 heteroatoms. The molecule has 0 heterocycles. The van der Waals surface area contributed by atoms with Crippen molar-refractivity contribution in [3.63, 3.8) is 0 Å². The quantitative estimate of drug-likeness (QED) is 0.261. The Kier molecular flexibility index (Phi) is 6.02. The van der Waals surface area contributed by atoms with Crippen molar-refractivity contribution in [3.05, 3.63) is 101 Å². The van der Waals surface area contributed by atoms with E-state index in [0.29, 0.717) is 16.9 Å².